The summed E-state index contributed by atoms with van der Waals surface area (Å²) in [4.78, 5) is 2.54. The van der Waals surface area contributed by atoms with Gasteiger partial charge in [0.2, 0.25) is 0 Å². The SMILES string of the molecule is CC(C)CN(C(C)C)C(C)CC(C)(CO)NC(C)C. The van der Waals surface area contributed by atoms with Gasteiger partial charge in [-0.1, -0.05) is 27.7 Å². The molecule has 0 heterocycles. The van der Waals surface area contributed by atoms with Crippen LogP contribution in [-0.2, 0) is 0 Å². The molecular formula is C16H36N2O. The Balaban J connectivity index is 4.71. The van der Waals surface area contributed by atoms with Crippen molar-refractivity contribution in [3.05, 3.63) is 0 Å². The largest absolute Gasteiger partial charge is 0.394 e. The third kappa shape index (κ3) is 7.28. The van der Waals surface area contributed by atoms with E-state index < -0.39 is 0 Å². The third-order valence-electron chi connectivity index (χ3n) is 3.54. The van der Waals surface area contributed by atoms with Gasteiger partial charge >= 0.3 is 0 Å². The first-order chi connectivity index (χ1) is 8.61. The summed E-state index contributed by atoms with van der Waals surface area (Å²) >= 11 is 0. The summed E-state index contributed by atoms with van der Waals surface area (Å²) in [6, 6.07) is 1.40. The second-order valence-electron chi connectivity index (χ2n) is 7.26. The monoisotopic (exact) mass is 272 g/mol. The number of hydrogen-bond acceptors (Lipinski definition) is 3. The quantitative estimate of drug-likeness (QED) is 0.677. The van der Waals surface area contributed by atoms with Crippen molar-refractivity contribution in [3.63, 3.8) is 0 Å². The molecule has 0 aliphatic heterocycles. The van der Waals surface area contributed by atoms with Crippen molar-refractivity contribution in [2.24, 2.45) is 5.92 Å². The lowest BCUT2D eigenvalue weighted by Crippen LogP contribution is -2.54. The molecule has 2 atom stereocenters. The molecule has 0 saturated heterocycles. The summed E-state index contributed by atoms with van der Waals surface area (Å²) in [5.41, 5.74) is -0.197. The van der Waals surface area contributed by atoms with Crippen molar-refractivity contribution in [2.45, 2.75) is 85.5 Å². The van der Waals surface area contributed by atoms with E-state index in [1.165, 1.54) is 0 Å². The zero-order valence-electron chi connectivity index (χ0n) is 14.3. The molecule has 0 aromatic carbocycles. The van der Waals surface area contributed by atoms with Crippen LogP contribution in [-0.4, -0.2) is 46.8 Å². The van der Waals surface area contributed by atoms with E-state index >= 15 is 0 Å². The number of nitrogens with one attached hydrogen (secondary N) is 1. The van der Waals surface area contributed by atoms with Crippen molar-refractivity contribution < 1.29 is 5.11 Å². The molecule has 0 fully saturated rings. The summed E-state index contributed by atoms with van der Waals surface area (Å²) in [6.07, 6.45) is 0.965. The zero-order valence-corrected chi connectivity index (χ0v) is 14.3. The van der Waals surface area contributed by atoms with Crippen LogP contribution in [0, 0.1) is 5.92 Å². The van der Waals surface area contributed by atoms with Crippen molar-refractivity contribution in [2.75, 3.05) is 13.2 Å². The molecule has 0 radical (unpaired) electrons. The van der Waals surface area contributed by atoms with Crippen LogP contribution in [0.15, 0.2) is 0 Å². The molecule has 0 spiro atoms. The molecule has 3 nitrogen and oxygen atoms in total. The summed E-state index contributed by atoms with van der Waals surface area (Å²) in [7, 11) is 0. The van der Waals surface area contributed by atoms with E-state index in [0.717, 1.165) is 13.0 Å². The number of hydrogen-bond donors (Lipinski definition) is 2. The molecule has 116 valence electrons. The highest BCUT2D eigenvalue weighted by Crippen LogP contribution is 2.20. The fourth-order valence-corrected chi connectivity index (χ4v) is 2.96. The van der Waals surface area contributed by atoms with Gasteiger partial charge in [0.05, 0.1) is 6.61 Å². The van der Waals surface area contributed by atoms with E-state index in [1.54, 1.807) is 0 Å². The fourth-order valence-electron chi connectivity index (χ4n) is 2.96. The van der Waals surface area contributed by atoms with Crippen molar-refractivity contribution in [3.8, 4) is 0 Å². The Morgan fingerprint density at radius 2 is 1.58 bits per heavy atom. The van der Waals surface area contributed by atoms with E-state index in [0.29, 0.717) is 24.0 Å². The van der Waals surface area contributed by atoms with Crippen LogP contribution in [0.3, 0.4) is 0 Å². The Morgan fingerprint density at radius 3 is 1.89 bits per heavy atom. The predicted molar refractivity (Wildman–Crippen MR) is 84.5 cm³/mol. The summed E-state index contributed by atoms with van der Waals surface area (Å²) < 4.78 is 0. The Morgan fingerprint density at radius 1 is 1.05 bits per heavy atom. The van der Waals surface area contributed by atoms with E-state index in [9.17, 15) is 5.11 Å². The molecule has 0 bridgehead atoms. The van der Waals surface area contributed by atoms with Gasteiger partial charge in [-0.25, -0.2) is 0 Å². The average molecular weight is 272 g/mol. The number of nitrogens with zero attached hydrogens (tertiary/aromatic N) is 1. The summed E-state index contributed by atoms with van der Waals surface area (Å²) in [5.74, 6) is 0.670. The van der Waals surface area contributed by atoms with Gasteiger partial charge in [-0.15, -0.1) is 0 Å². The minimum Gasteiger partial charge on any atom is -0.394 e. The van der Waals surface area contributed by atoms with Crippen molar-refractivity contribution in [1.29, 1.82) is 0 Å². The van der Waals surface area contributed by atoms with E-state index in [4.69, 9.17) is 0 Å². The van der Waals surface area contributed by atoms with Crippen molar-refractivity contribution >= 4 is 0 Å². The average Bonchev–Trinajstić information content (AvgIpc) is 2.23. The molecule has 0 aliphatic rings. The molecule has 2 N–H and O–H groups in total. The lowest BCUT2D eigenvalue weighted by atomic mass is 9.92. The first-order valence-electron chi connectivity index (χ1n) is 7.75. The second-order valence-corrected chi connectivity index (χ2v) is 7.26. The van der Waals surface area contributed by atoms with Gasteiger partial charge in [-0.2, -0.15) is 0 Å². The molecule has 0 saturated carbocycles. The van der Waals surface area contributed by atoms with Gasteiger partial charge in [0.25, 0.3) is 0 Å². The van der Waals surface area contributed by atoms with Crippen LogP contribution < -0.4 is 5.32 Å². The van der Waals surface area contributed by atoms with Crippen LogP contribution in [0.2, 0.25) is 0 Å². The van der Waals surface area contributed by atoms with Gasteiger partial charge in [-0.3, -0.25) is 4.90 Å². The molecule has 3 heteroatoms. The van der Waals surface area contributed by atoms with Gasteiger partial charge in [0.1, 0.15) is 0 Å². The normalized spacial score (nSPS) is 17.5. The first kappa shape index (κ1) is 18.9. The van der Waals surface area contributed by atoms with E-state index in [2.05, 4.69) is 65.6 Å². The Kier molecular flexibility index (Phi) is 8.18. The Hall–Kier alpha value is -0.120. The number of aliphatic hydroxyl groups is 1. The lowest BCUT2D eigenvalue weighted by Gasteiger charge is -2.40. The van der Waals surface area contributed by atoms with Crippen LogP contribution in [0.4, 0.5) is 0 Å². The van der Waals surface area contributed by atoms with Gasteiger partial charge in [0, 0.05) is 30.2 Å². The third-order valence-corrected chi connectivity index (χ3v) is 3.54. The standard InChI is InChI=1S/C16H36N2O/c1-12(2)10-18(14(5)6)15(7)9-16(8,11-19)17-13(3)4/h12-15,17,19H,9-11H2,1-8H3. The zero-order chi connectivity index (χ0) is 15.2. The molecule has 0 aromatic heterocycles. The van der Waals surface area contributed by atoms with E-state index in [-0.39, 0.29) is 12.1 Å². The highest BCUT2D eigenvalue weighted by atomic mass is 16.3. The molecule has 0 amide bonds. The van der Waals surface area contributed by atoms with Gasteiger partial charge < -0.3 is 10.4 Å². The Bertz CT molecular complexity index is 241. The molecule has 0 rings (SSSR count). The second kappa shape index (κ2) is 8.23. The van der Waals surface area contributed by atoms with E-state index in [1.807, 2.05) is 0 Å². The van der Waals surface area contributed by atoms with Gasteiger partial charge in [0.15, 0.2) is 0 Å². The maximum Gasteiger partial charge on any atom is 0.0611 e. The molecular weight excluding hydrogens is 236 g/mol. The van der Waals surface area contributed by atoms with Crippen LogP contribution >= 0.6 is 0 Å². The Labute approximate surface area is 120 Å². The van der Waals surface area contributed by atoms with Gasteiger partial charge in [-0.05, 0) is 40.0 Å². The maximum absolute atomic E-state index is 9.70. The predicted octanol–water partition coefficient (Wildman–Crippen LogP) is 2.88. The fraction of sp³-hybridized carbons (Fsp3) is 1.00. The molecule has 0 aliphatic carbocycles. The minimum absolute atomic E-state index is 0.184. The number of rotatable bonds is 9. The topological polar surface area (TPSA) is 35.5 Å². The van der Waals surface area contributed by atoms with Crippen LogP contribution in [0.5, 0.6) is 0 Å². The first-order valence-corrected chi connectivity index (χ1v) is 7.75. The lowest BCUT2D eigenvalue weighted by molar-refractivity contribution is 0.0845. The van der Waals surface area contributed by atoms with Crippen LogP contribution in [0.25, 0.3) is 0 Å². The van der Waals surface area contributed by atoms with Crippen LogP contribution in [0.1, 0.15) is 61.8 Å². The highest BCUT2D eigenvalue weighted by Gasteiger charge is 2.29. The van der Waals surface area contributed by atoms with Crippen molar-refractivity contribution in [1.82, 2.24) is 10.2 Å². The smallest absolute Gasteiger partial charge is 0.0611 e. The molecule has 0 aromatic rings. The summed E-state index contributed by atoms with van der Waals surface area (Å²) in [5, 5.41) is 13.2. The number of aliphatic hydroxyl groups excluding tert-OH is 1. The maximum atomic E-state index is 9.70. The molecule has 19 heavy (non-hydrogen) atoms. The summed E-state index contributed by atoms with van der Waals surface area (Å²) in [6.45, 7) is 19.0. The molecule has 2 unspecified atom stereocenters. The highest BCUT2D eigenvalue weighted by molar-refractivity contribution is 4.89. The minimum atomic E-state index is -0.197.